The second-order valence-corrected chi connectivity index (χ2v) is 16.9. The molecule has 1 heterocycles. The van der Waals surface area contributed by atoms with Crippen LogP contribution in [0.1, 0.15) is 50.4 Å². The summed E-state index contributed by atoms with van der Waals surface area (Å²) in [6.45, 7) is 5.55. The second kappa shape index (κ2) is 16.9. The fourth-order valence-corrected chi connectivity index (χ4v) is 7.90. The molecule has 0 spiro atoms. The lowest BCUT2D eigenvalue weighted by Crippen LogP contribution is -2.48. The molecule has 0 radical (unpaired) electrons. The van der Waals surface area contributed by atoms with Crippen LogP contribution >= 0.6 is 23.2 Å². The summed E-state index contributed by atoms with van der Waals surface area (Å²) < 4.78 is 69.5. The van der Waals surface area contributed by atoms with Gasteiger partial charge >= 0.3 is 0 Å². The van der Waals surface area contributed by atoms with Crippen molar-refractivity contribution in [3.8, 4) is 5.75 Å². The molecule has 1 aliphatic rings. The fourth-order valence-electron chi connectivity index (χ4n) is 5.41. The number of likely N-dealkylation sites (N-methyl/N-ethyl adjacent to an activating group) is 1. The Hall–Kier alpha value is -2.91. The number of nitrogens with one attached hydrogen (secondary N) is 1. The highest BCUT2D eigenvalue weighted by atomic mass is 35.5. The third-order valence-corrected chi connectivity index (χ3v) is 12.1. The van der Waals surface area contributed by atoms with E-state index in [2.05, 4.69) is 4.72 Å². The minimum atomic E-state index is -4.02. The quantitative estimate of drug-likeness (QED) is 0.275. The average Bonchev–Trinajstić information content (AvgIpc) is 3.06. The van der Waals surface area contributed by atoms with Crippen molar-refractivity contribution in [1.29, 1.82) is 0 Å². The first-order valence-corrected chi connectivity index (χ1v) is 19.6. The zero-order chi connectivity index (χ0) is 35.9. The van der Waals surface area contributed by atoms with E-state index >= 15 is 0 Å². The van der Waals surface area contributed by atoms with Gasteiger partial charge < -0.3 is 19.5 Å². The maximum absolute atomic E-state index is 14.4. The molecule has 3 aromatic rings. The van der Waals surface area contributed by atoms with Gasteiger partial charge in [-0.3, -0.25) is 9.52 Å². The van der Waals surface area contributed by atoms with Gasteiger partial charge in [-0.2, -0.15) is 4.31 Å². The van der Waals surface area contributed by atoms with Crippen molar-refractivity contribution in [3.05, 3.63) is 82.3 Å². The summed E-state index contributed by atoms with van der Waals surface area (Å²) in [7, 11) is -6.42. The van der Waals surface area contributed by atoms with E-state index in [1.807, 2.05) is 13.8 Å². The smallest absolute Gasteiger partial charge is 0.261 e. The van der Waals surface area contributed by atoms with Crippen molar-refractivity contribution in [2.75, 3.05) is 38.1 Å². The number of ether oxygens (including phenoxy) is 2. The summed E-state index contributed by atoms with van der Waals surface area (Å²) in [5.41, 5.74) is 0.243. The molecule has 15 heteroatoms. The highest BCUT2D eigenvalue weighted by Crippen LogP contribution is 2.30. The number of sulfonamides is 2. The number of benzene rings is 3. The van der Waals surface area contributed by atoms with E-state index < -0.39 is 44.0 Å². The molecule has 0 saturated carbocycles. The monoisotopic (exact) mass is 755 g/mol. The highest BCUT2D eigenvalue weighted by molar-refractivity contribution is 7.92. The Labute approximate surface area is 299 Å². The van der Waals surface area contributed by atoms with Crippen LogP contribution in [0.15, 0.2) is 76.5 Å². The van der Waals surface area contributed by atoms with Gasteiger partial charge in [0.25, 0.3) is 15.9 Å². The number of hydrogen-bond acceptors (Lipinski definition) is 8. The lowest BCUT2D eigenvalue weighted by Gasteiger charge is -2.35. The predicted molar refractivity (Wildman–Crippen MR) is 190 cm³/mol. The maximum Gasteiger partial charge on any atom is 0.261 e. The fraction of sp³-hybridized carbons (Fsp3) is 0.441. The van der Waals surface area contributed by atoms with Gasteiger partial charge in [0.1, 0.15) is 5.75 Å². The summed E-state index contributed by atoms with van der Waals surface area (Å²) >= 11 is 11.9. The maximum atomic E-state index is 14.4. The highest BCUT2D eigenvalue weighted by Gasteiger charge is 2.32. The van der Waals surface area contributed by atoms with Crippen molar-refractivity contribution in [2.45, 2.75) is 68.1 Å². The number of anilines is 1. The first-order chi connectivity index (χ1) is 23.1. The van der Waals surface area contributed by atoms with E-state index in [0.29, 0.717) is 29.5 Å². The van der Waals surface area contributed by atoms with Crippen LogP contribution in [0.25, 0.3) is 0 Å². The molecule has 0 fully saturated rings. The van der Waals surface area contributed by atoms with Gasteiger partial charge in [-0.1, -0.05) is 30.1 Å². The molecule has 0 saturated heterocycles. The van der Waals surface area contributed by atoms with E-state index in [1.165, 1.54) is 76.9 Å². The molecule has 0 unspecified atom stereocenters. The Morgan fingerprint density at radius 1 is 0.959 bits per heavy atom. The minimum absolute atomic E-state index is 0.00776. The normalized spacial score (nSPS) is 20.6. The van der Waals surface area contributed by atoms with Crippen LogP contribution in [-0.2, 0) is 24.8 Å². The summed E-state index contributed by atoms with van der Waals surface area (Å²) in [4.78, 5) is 15.9. The molecule has 4 atom stereocenters. The standard InChI is InChI=1S/C34H43Cl2N3O8S2/c1-23-20-39(24(2)22-40)34(41)31-19-28(37-48(42,43)29-13-8-26(35)9-14-29)12-17-32(31)47-25(3)7-5-6-18-46-33(23)21-38(4)49(44,45)30-15-10-27(36)11-16-30/h8-17,19,23-25,33,37,40H,5-7,18,20-22H2,1-4H3/t23-,24+,25-,33+/m0/s1. The zero-order valence-corrected chi connectivity index (χ0v) is 31.0. The van der Waals surface area contributed by atoms with Gasteiger partial charge in [0.2, 0.25) is 10.0 Å². The molecular formula is C34H43Cl2N3O8S2. The molecular weight excluding hydrogens is 713 g/mol. The summed E-state index contributed by atoms with van der Waals surface area (Å²) in [5.74, 6) is -0.617. The van der Waals surface area contributed by atoms with E-state index in [0.717, 1.165) is 6.42 Å². The Bertz CT molecular complexity index is 1790. The third-order valence-electron chi connectivity index (χ3n) is 8.39. The van der Waals surface area contributed by atoms with E-state index in [9.17, 15) is 26.7 Å². The SMILES string of the molecule is C[C@H](CO)N1C[C@H](C)[C@@H](CN(C)S(=O)(=O)c2ccc(Cl)cc2)OCCCC[C@H](C)Oc2ccc(NS(=O)(=O)c3ccc(Cl)cc3)cc2C1=O. The Morgan fingerprint density at radius 3 is 2.18 bits per heavy atom. The number of carbonyl (C=O) groups is 1. The molecule has 1 aliphatic heterocycles. The van der Waals surface area contributed by atoms with Crippen molar-refractivity contribution in [3.63, 3.8) is 0 Å². The number of amides is 1. The second-order valence-electron chi connectivity index (χ2n) is 12.3. The van der Waals surface area contributed by atoms with Crippen molar-refractivity contribution in [2.24, 2.45) is 5.92 Å². The first-order valence-electron chi connectivity index (χ1n) is 16.0. The van der Waals surface area contributed by atoms with Crippen molar-refractivity contribution in [1.82, 2.24) is 9.21 Å². The molecule has 4 rings (SSSR count). The van der Waals surface area contributed by atoms with Crippen LogP contribution in [0, 0.1) is 5.92 Å². The summed E-state index contributed by atoms with van der Waals surface area (Å²) in [6, 6.07) is 15.5. The molecule has 0 aliphatic carbocycles. The van der Waals surface area contributed by atoms with Crippen molar-refractivity contribution >= 4 is 54.8 Å². The molecule has 2 N–H and O–H groups in total. The number of aliphatic hydroxyl groups is 1. The lowest BCUT2D eigenvalue weighted by atomic mass is 10.0. The van der Waals surface area contributed by atoms with Gasteiger partial charge in [-0.15, -0.1) is 0 Å². The molecule has 11 nitrogen and oxygen atoms in total. The zero-order valence-electron chi connectivity index (χ0n) is 27.9. The number of nitrogens with zero attached hydrogens (tertiary/aromatic N) is 2. The summed E-state index contributed by atoms with van der Waals surface area (Å²) in [6.07, 6.45) is 1.18. The Kier molecular flexibility index (Phi) is 13.4. The molecule has 3 aromatic carbocycles. The number of halogens is 2. The average molecular weight is 757 g/mol. The van der Waals surface area contributed by atoms with Gasteiger partial charge in [0.05, 0.1) is 40.2 Å². The Morgan fingerprint density at radius 2 is 1.57 bits per heavy atom. The summed E-state index contributed by atoms with van der Waals surface area (Å²) in [5, 5.41) is 11.0. The van der Waals surface area contributed by atoms with E-state index in [-0.39, 0.29) is 52.6 Å². The van der Waals surface area contributed by atoms with Crippen LogP contribution in [0.3, 0.4) is 0 Å². The van der Waals surface area contributed by atoms with Crippen LogP contribution < -0.4 is 9.46 Å². The topological polar surface area (TPSA) is 143 Å². The number of fused-ring (bicyclic) bond motifs is 1. The first kappa shape index (κ1) is 38.9. The van der Waals surface area contributed by atoms with Gasteiger partial charge in [0.15, 0.2) is 0 Å². The third kappa shape index (κ3) is 10.1. The van der Waals surface area contributed by atoms with Crippen LogP contribution in [0.5, 0.6) is 5.75 Å². The Balaban J connectivity index is 1.67. The van der Waals surface area contributed by atoms with E-state index in [4.69, 9.17) is 32.7 Å². The number of hydrogen-bond donors (Lipinski definition) is 2. The van der Waals surface area contributed by atoms with Gasteiger partial charge in [-0.25, -0.2) is 16.8 Å². The molecule has 1 amide bonds. The molecule has 0 aromatic heterocycles. The number of aliphatic hydroxyl groups excluding tert-OH is 1. The molecule has 0 bridgehead atoms. The van der Waals surface area contributed by atoms with Gasteiger partial charge in [-0.05, 0) is 99.8 Å². The number of carbonyl (C=O) groups excluding carboxylic acids is 1. The lowest BCUT2D eigenvalue weighted by molar-refractivity contribution is -0.00833. The predicted octanol–water partition coefficient (Wildman–Crippen LogP) is 5.91. The van der Waals surface area contributed by atoms with Crippen LogP contribution in [-0.4, -0.2) is 88.7 Å². The minimum Gasteiger partial charge on any atom is -0.490 e. The molecule has 49 heavy (non-hydrogen) atoms. The molecule has 268 valence electrons. The number of rotatable bonds is 9. The van der Waals surface area contributed by atoms with Crippen molar-refractivity contribution < 1.29 is 36.2 Å². The van der Waals surface area contributed by atoms with Crippen LogP contribution in [0.4, 0.5) is 5.69 Å². The van der Waals surface area contributed by atoms with E-state index in [1.54, 1.807) is 13.0 Å². The van der Waals surface area contributed by atoms with Gasteiger partial charge in [0, 0.05) is 48.4 Å². The largest absolute Gasteiger partial charge is 0.490 e. The van der Waals surface area contributed by atoms with Crippen LogP contribution in [0.2, 0.25) is 10.0 Å².